The molecule has 0 spiro atoms. The van der Waals surface area contributed by atoms with Crippen LogP contribution in [0.25, 0.3) is 0 Å². The molecule has 0 bridgehead atoms. The molecule has 1 aliphatic carbocycles. The minimum Gasteiger partial charge on any atom is -0.363 e. The van der Waals surface area contributed by atoms with Gasteiger partial charge in [0.15, 0.2) is 0 Å². The molecule has 1 aliphatic rings. The van der Waals surface area contributed by atoms with Crippen molar-refractivity contribution >= 4 is 11.8 Å². The van der Waals surface area contributed by atoms with Crippen LogP contribution in [0.15, 0.2) is 30.3 Å². The quantitative estimate of drug-likeness (QED) is 0.590. The Morgan fingerprint density at radius 1 is 1.25 bits per heavy atom. The van der Waals surface area contributed by atoms with E-state index in [0.717, 1.165) is 24.4 Å². The molecule has 1 atom stereocenters. The molecule has 4 N–H and O–H groups in total. The number of anilines is 2. The van der Waals surface area contributed by atoms with Gasteiger partial charge in [0.05, 0.1) is 6.04 Å². The van der Waals surface area contributed by atoms with E-state index in [9.17, 15) is 0 Å². The Hall–Kier alpha value is -2.14. The number of rotatable bonds is 3. The van der Waals surface area contributed by atoms with Gasteiger partial charge in [-0.3, -0.25) is 5.43 Å². The van der Waals surface area contributed by atoms with Crippen molar-refractivity contribution in [2.45, 2.75) is 32.2 Å². The molecule has 1 unspecified atom stereocenters. The van der Waals surface area contributed by atoms with Crippen LogP contribution in [0.1, 0.15) is 35.7 Å². The smallest absolute Gasteiger partial charge is 0.239 e. The molecule has 5 nitrogen and oxygen atoms in total. The van der Waals surface area contributed by atoms with Gasteiger partial charge in [0.2, 0.25) is 5.95 Å². The standard InChI is InChI=1S/C15H19N5/c1-10-9-14(19-15(17-10)20-16)18-13-8-4-6-11-5-2-3-7-12(11)13/h2-3,5,7,9,13H,4,6,8,16H2,1H3,(H2,17,18,19,20). The van der Waals surface area contributed by atoms with E-state index in [-0.39, 0.29) is 0 Å². The number of nitrogens with two attached hydrogens (primary N) is 1. The Balaban J connectivity index is 1.87. The lowest BCUT2D eigenvalue weighted by molar-refractivity contribution is 0.598. The zero-order valence-corrected chi connectivity index (χ0v) is 11.6. The molecule has 20 heavy (non-hydrogen) atoms. The van der Waals surface area contributed by atoms with Crippen LogP contribution >= 0.6 is 0 Å². The summed E-state index contributed by atoms with van der Waals surface area (Å²) in [6.07, 6.45) is 3.47. The maximum absolute atomic E-state index is 5.39. The molecule has 0 saturated carbocycles. The zero-order valence-electron chi connectivity index (χ0n) is 11.6. The number of aromatic nitrogens is 2. The lowest BCUT2D eigenvalue weighted by Gasteiger charge is -2.26. The van der Waals surface area contributed by atoms with E-state index in [2.05, 4.69) is 45.0 Å². The largest absolute Gasteiger partial charge is 0.363 e. The molecule has 1 heterocycles. The average molecular weight is 269 g/mol. The summed E-state index contributed by atoms with van der Waals surface area (Å²) in [6, 6.07) is 10.9. The van der Waals surface area contributed by atoms with E-state index in [1.54, 1.807) is 0 Å². The monoisotopic (exact) mass is 269 g/mol. The van der Waals surface area contributed by atoms with Crippen LogP contribution in [-0.4, -0.2) is 9.97 Å². The van der Waals surface area contributed by atoms with Crippen molar-refractivity contribution in [1.29, 1.82) is 0 Å². The minimum atomic E-state index is 0.305. The maximum Gasteiger partial charge on any atom is 0.239 e. The number of nitrogen functional groups attached to an aromatic ring is 1. The average Bonchev–Trinajstić information content (AvgIpc) is 2.47. The fourth-order valence-electron chi connectivity index (χ4n) is 2.79. The molecule has 5 heteroatoms. The van der Waals surface area contributed by atoms with Crippen molar-refractivity contribution < 1.29 is 0 Å². The molecule has 0 radical (unpaired) electrons. The van der Waals surface area contributed by atoms with Gasteiger partial charge in [-0.15, -0.1) is 0 Å². The second kappa shape index (κ2) is 5.46. The van der Waals surface area contributed by atoms with Gasteiger partial charge in [0.1, 0.15) is 5.82 Å². The predicted molar refractivity (Wildman–Crippen MR) is 80.3 cm³/mol. The second-order valence-corrected chi connectivity index (χ2v) is 5.15. The van der Waals surface area contributed by atoms with Gasteiger partial charge in [-0.05, 0) is 37.3 Å². The summed E-state index contributed by atoms with van der Waals surface area (Å²) in [7, 11) is 0. The fraction of sp³-hybridized carbons (Fsp3) is 0.333. The number of hydrogen-bond acceptors (Lipinski definition) is 5. The molecule has 2 aromatic rings. The van der Waals surface area contributed by atoms with E-state index < -0.39 is 0 Å². The highest BCUT2D eigenvalue weighted by atomic mass is 15.3. The summed E-state index contributed by atoms with van der Waals surface area (Å²) in [5.74, 6) is 6.65. The normalized spacial score (nSPS) is 17.4. The summed E-state index contributed by atoms with van der Waals surface area (Å²) in [4.78, 5) is 8.56. The van der Waals surface area contributed by atoms with Crippen LogP contribution < -0.4 is 16.6 Å². The number of nitrogens with one attached hydrogen (secondary N) is 2. The lowest BCUT2D eigenvalue weighted by Crippen LogP contribution is -2.19. The summed E-state index contributed by atoms with van der Waals surface area (Å²) in [5, 5.41) is 3.51. The number of nitrogens with zero attached hydrogens (tertiary/aromatic N) is 2. The number of hydrogen-bond donors (Lipinski definition) is 3. The van der Waals surface area contributed by atoms with E-state index in [4.69, 9.17) is 5.84 Å². The van der Waals surface area contributed by atoms with Crippen LogP contribution in [0.2, 0.25) is 0 Å². The number of aryl methyl sites for hydroxylation is 2. The van der Waals surface area contributed by atoms with Gasteiger partial charge in [0, 0.05) is 11.8 Å². The van der Waals surface area contributed by atoms with Crippen LogP contribution in [0, 0.1) is 6.92 Å². The van der Waals surface area contributed by atoms with Crippen LogP contribution in [0.5, 0.6) is 0 Å². The van der Waals surface area contributed by atoms with E-state index in [0.29, 0.717) is 12.0 Å². The summed E-state index contributed by atoms with van der Waals surface area (Å²) < 4.78 is 0. The Kier molecular flexibility index (Phi) is 3.52. The Morgan fingerprint density at radius 2 is 2.10 bits per heavy atom. The van der Waals surface area contributed by atoms with E-state index >= 15 is 0 Å². The fourth-order valence-corrected chi connectivity index (χ4v) is 2.79. The number of fused-ring (bicyclic) bond motifs is 1. The highest BCUT2D eigenvalue weighted by Crippen LogP contribution is 2.32. The molecular weight excluding hydrogens is 250 g/mol. The summed E-state index contributed by atoms with van der Waals surface area (Å²) >= 11 is 0. The second-order valence-electron chi connectivity index (χ2n) is 5.15. The van der Waals surface area contributed by atoms with Gasteiger partial charge in [-0.25, -0.2) is 10.8 Å². The van der Waals surface area contributed by atoms with Crippen molar-refractivity contribution in [1.82, 2.24) is 9.97 Å². The lowest BCUT2D eigenvalue weighted by atomic mass is 9.88. The highest BCUT2D eigenvalue weighted by Gasteiger charge is 2.20. The summed E-state index contributed by atoms with van der Waals surface area (Å²) in [6.45, 7) is 1.93. The van der Waals surface area contributed by atoms with Gasteiger partial charge in [-0.2, -0.15) is 4.98 Å². The molecule has 104 valence electrons. The Labute approximate surface area is 118 Å². The first kappa shape index (κ1) is 12.9. The van der Waals surface area contributed by atoms with Crippen molar-refractivity contribution in [2.24, 2.45) is 5.84 Å². The van der Waals surface area contributed by atoms with Crippen LogP contribution in [0.3, 0.4) is 0 Å². The van der Waals surface area contributed by atoms with Crippen LogP contribution in [-0.2, 0) is 6.42 Å². The van der Waals surface area contributed by atoms with Gasteiger partial charge >= 0.3 is 0 Å². The zero-order chi connectivity index (χ0) is 13.9. The Bertz CT molecular complexity index is 611. The van der Waals surface area contributed by atoms with Crippen molar-refractivity contribution in [2.75, 3.05) is 10.7 Å². The maximum atomic E-state index is 5.39. The minimum absolute atomic E-state index is 0.305. The molecule has 3 rings (SSSR count). The van der Waals surface area contributed by atoms with Crippen molar-refractivity contribution in [3.05, 3.63) is 47.2 Å². The third-order valence-corrected chi connectivity index (χ3v) is 3.67. The first-order valence-corrected chi connectivity index (χ1v) is 6.93. The molecule has 1 aromatic heterocycles. The van der Waals surface area contributed by atoms with E-state index in [1.165, 1.54) is 17.5 Å². The van der Waals surface area contributed by atoms with Crippen molar-refractivity contribution in [3.63, 3.8) is 0 Å². The topological polar surface area (TPSA) is 75.9 Å². The molecular formula is C15H19N5. The SMILES string of the molecule is Cc1cc(NC2CCCc3ccccc32)nc(NN)n1. The van der Waals surface area contributed by atoms with Gasteiger partial charge in [-0.1, -0.05) is 24.3 Å². The molecule has 0 saturated heterocycles. The molecule has 1 aromatic carbocycles. The van der Waals surface area contributed by atoms with E-state index in [1.807, 2.05) is 13.0 Å². The Morgan fingerprint density at radius 3 is 2.95 bits per heavy atom. The van der Waals surface area contributed by atoms with Gasteiger partial charge < -0.3 is 5.32 Å². The number of benzene rings is 1. The first-order chi connectivity index (χ1) is 9.76. The third-order valence-electron chi connectivity index (χ3n) is 3.67. The number of hydrazine groups is 1. The predicted octanol–water partition coefficient (Wildman–Crippen LogP) is 2.56. The molecule has 0 aliphatic heterocycles. The first-order valence-electron chi connectivity index (χ1n) is 6.93. The molecule has 0 amide bonds. The molecule has 0 fully saturated rings. The van der Waals surface area contributed by atoms with Gasteiger partial charge in [0.25, 0.3) is 0 Å². The van der Waals surface area contributed by atoms with Crippen molar-refractivity contribution in [3.8, 4) is 0 Å². The highest BCUT2D eigenvalue weighted by molar-refractivity contribution is 5.45. The third kappa shape index (κ3) is 2.58. The van der Waals surface area contributed by atoms with Crippen LogP contribution in [0.4, 0.5) is 11.8 Å². The summed E-state index contributed by atoms with van der Waals surface area (Å²) in [5.41, 5.74) is 6.19.